The standard InChI is InChI=1S/C16H24N2O3/c17-6-1-9-19-14-4-7-18(8-5-14)11-13-2-3-15-16(10-13)21-12-20-15/h2-3,10,14H,1,4-9,11-12,17H2. The molecule has 21 heavy (non-hydrogen) atoms. The van der Waals surface area contributed by atoms with Gasteiger partial charge in [0.2, 0.25) is 6.79 Å². The lowest BCUT2D eigenvalue weighted by molar-refractivity contribution is 0.00562. The largest absolute Gasteiger partial charge is 0.454 e. The fourth-order valence-electron chi connectivity index (χ4n) is 2.86. The van der Waals surface area contributed by atoms with E-state index in [9.17, 15) is 0 Å². The highest BCUT2D eigenvalue weighted by atomic mass is 16.7. The first kappa shape index (κ1) is 14.6. The number of piperidine rings is 1. The maximum Gasteiger partial charge on any atom is 0.231 e. The third-order valence-corrected chi connectivity index (χ3v) is 4.08. The maximum absolute atomic E-state index is 5.84. The van der Waals surface area contributed by atoms with Crippen molar-refractivity contribution in [3.63, 3.8) is 0 Å². The lowest BCUT2D eigenvalue weighted by Gasteiger charge is -2.32. The number of nitrogens with zero attached hydrogens (tertiary/aromatic N) is 1. The second-order valence-electron chi connectivity index (χ2n) is 5.68. The molecule has 2 aliphatic rings. The summed E-state index contributed by atoms with van der Waals surface area (Å²) in [5, 5.41) is 0. The van der Waals surface area contributed by atoms with Crippen molar-refractivity contribution in [1.29, 1.82) is 0 Å². The quantitative estimate of drug-likeness (QED) is 0.810. The zero-order chi connectivity index (χ0) is 14.5. The molecule has 0 spiro atoms. The Morgan fingerprint density at radius 1 is 1.19 bits per heavy atom. The van der Waals surface area contributed by atoms with Crippen LogP contribution >= 0.6 is 0 Å². The smallest absolute Gasteiger partial charge is 0.231 e. The summed E-state index contributed by atoms with van der Waals surface area (Å²) in [5.74, 6) is 1.72. The topological polar surface area (TPSA) is 57.0 Å². The Balaban J connectivity index is 1.45. The van der Waals surface area contributed by atoms with Gasteiger partial charge in [-0.25, -0.2) is 0 Å². The van der Waals surface area contributed by atoms with Gasteiger partial charge in [0.05, 0.1) is 6.10 Å². The lowest BCUT2D eigenvalue weighted by atomic mass is 10.1. The summed E-state index contributed by atoms with van der Waals surface area (Å²) in [6.45, 7) is 4.98. The molecule has 1 fully saturated rings. The fourth-order valence-corrected chi connectivity index (χ4v) is 2.86. The van der Waals surface area contributed by atoms with Crippen LogP contribution in [-0.4, -0.2) is 44.0 Å². The van der Waals surface area contributed by atoms with Gasteiger partial charge in [-0.05, 0) is 43.5 Å². The van der Waals surface area contributed by atoms with Gasteiger partial charge in [-0.3, -0.25) is 4.90 Å². The fraction of sp³-hybridized carbons (Fsp3) is 0.625. The second-order valence-corrected chi connectivity index (χ2v) is 5.68. The second kappa shape index (κ2) is 7.11. The van der Waals surface area contributed by atoms with Crippen molar-refractivity contribution in [2.24, 2.45) is 5.73 Å². The number of benzene rings is 1. The molecule has 0 atom stereocenters. The molecule has 0 radical (unpaired) electrons. The van der Waals surface area contributed by atoms with E-state index in [1.54, 1.807) is 0 Å². The molecule has 0 aliphatic carbocycles. The number of ether oxygens (including phenoxy) is 3. The van der Waals surface area contributed by atoms with Gasteiger partial charge in [-0.15, -0.1) is 0 Å². The predicted molar refractivity (Wildman–Crippen MR) is 80.5 cm³/mol. The molecule has 1 saturated heterocycles. The van der Waals surface area contributed by atoms with Crippen molar-refractivity contribution in [3.05, 3.63) is 23.8 Å². The van der Waals surface area contributed by atoms with Crippen LogP contribution in [0.15, 0.2) is 18.2 Å². The number of likely N-dealkylation sites (tertiary alicyclic amines) is 1. The molecule has 1 aromatic rings. The third-order valence-electron chi connectivity index (χ3n) is 4.08. The number of fused-ring (bicyclic) bond motifs is 1. The molecule has 2 aliphatic heterocycles. The molecule has 5 nitrogen and oxygen atoms in total. The van der Waals surface area contributed by atoms with Gasteiger partial charge in [0.25, 0.3) is 0 Å². The van der Waals surface area contributed by atoms with Crippen LogP contribution in [0.5, 0.6) is 11.5 Å². The number of hydrogen-bond donors (Lipinski definition) is 1. The van der Waals surface area contributed by atoms with Crippen LogP contribution in [-0.2, 0) is 11.3 Å². The summed E-state index contributed by atoms with van der Waals surface area (Å²) < 4.78 is 16.6. The van der Waals surface area contributed by atoms with Crippen molar-refractivity contribution in [2.75, 3.05) is 33.0 Å². The van der Waals surface area contributed by atoms with Gasteiger partial charge >= 0.3 is 0 Å². The van der Waals surface area contributed by atoms with Gasteiger partial charge in [0.15, 0.2) is 11.5 Å². The summed E-state index contributed by atoms with van der Waals surface area (Å²) in [5.41, 5.74) is 6.76. The maximum atomic E-state index is 5.84. The van der Waals surface area contributed by atoms with Crippen molar-refractivity contribution in [2.45, 2.75) is 31.9 Å². The Kier molecular flexibility index (Phi) is 4.95. The minimum atomic E-state index is 0.338. The molecule has 0 amide bonds. The minimum absolute atomic E-state index is 0.338. The normalized spacial score (nSPS) is 19.1. The Labute approximate surface area is 126 Å². The van der Waals surface area contributed by atoms with Crippen LogP contribution in [0, 0.1) is 0 Å². The first-order valence-electron chi connectivity index (χ1n) is 7.77. The van der Waals surface area contributed by atoms with Crippen molar-refractivity contribution < 1.29 is 14.2 Å². The molecular formula is C16H24N2O3. The first-order chi connectivity index (χ1) is 10.3. The zero-order valence-corrected chi connectivity index (χ0v) is 12.4. The van der Waals surface area contributed by atoms with E-state index in [1.807, 2.05) is 6.07 Å². The van der Waals surface area contributed by atoms with Crippen LogP contribution in [0.2, 0.25) is 0 Å². The van der Waals surface area contributed by atoms with Crippen LogP contribution in [0.1, 0.15) is 24.8 Å². The molecule has 1 aromatic carbocycles. The van der Waals surface area contributed by atoms with Gasteiger partial charge in [0, 0.05) is 26.2 Å². The molecule has 0 aromatic heterocycles. The summed E-state index contributed by atoms with van der Waals surface area (Å²) >= 11 is 0. The van der Waals surface area contributed by atoms with Gasteiger partial charge in [-0.1, -0.05) is 6.07 Å². The molecule has 116 valence electrons. The molecule has 3 rings (SSSR count). The highest BCUT2D eigenvalue weighted by Crippen LogP contribution is 2.33. The van der Waals surface area contributed by atoms with Crippen molar-refractivity contribution in [1.82, 2.24) is 4.90 Å². The molecule has 2 N–H and O–H groups in total. The van der Waals surface area contributed by atoms with E-state index < -0.39 is 0 Å². The molecule has 0 saturated carbocycles. The van der Waals surface area contributed by atoms with E-state index in [-0.39, 0.29) is 0 Å². The van der Waals surface area contributed by atoms with Gasteiger partial charge < -0.3 is 19.9 Å². The summed E-state index contributed by atoms with van der Waals surface area (Å²) in [6, 6.07) is 6.21. The zero-order valence-electron chi connectivity index (χ0n) is 12.4. The lowest BCUT2D eigenvalue weighted by Crippen LogP contribution is -2.36. The summed E-state index contributed by atoms with van der Waals surface area (Å²) in [6.07, 6.45) is 3.58. The summed E-state index contributed by atoms with van der Waals surface area (Å²) in [4.78, 5) is 2.47. The average Bonchev–Trinajstić information content (AvgIpc) is 2.97. The minimum Gasteiger partial charge on any atom is -0.454 e. The first-order valence-corrected chi connectivity index (χ1v) is 7.77. The third kappa shape index (κ3) is 3.87. The van der Waals surface area contributed by atoms with Crippen LogP contribution < -0.4 is 15.2 Å². The molecule has 5 heteroatoms. The van der Waals surface area contributed by atoms with E-state index in [2.05, 4.69) is 17.0 Å². The Morgan fingerprint density at radius 2 is 2.00 bits per heavy atom. The Hall–Kier alpha value is -1.30. The predicted octanol–water partition coefficient (Wildman–Crippen LogP) is 1.75. The number of rotatable bonds is 6. The summed E-state index contributed by atoms with van der Waals surface area (Å²) in [7, 11) is 0. The molecule has 0 unspecified atom stereocenters. The van der Waals surface area contributed by atoms with Crippen LogP contribution in [0.3, 0.4) is 0 Å². The van der Waals surface area contributed by atoms with E-state index in [4.69, 9.17) is 19.9 Å². The number of hydrogen-bond acceptors (Lipinski definition) is 5. The number of nitrogens with two attached hydrogens (primary N) is 1. The van der Waals surface area contributed by atoms with Crippen LogP contribution in [0.25, 0.3) is 0 Å². The van der Waals surface area contributed by atoms with E-state index >= 15 is 0 Å². The highest BCUT2D eigenvalue weighted by molar-refractivity contribution is 5.44. The van der Waals surface area contributed by atoms with Crippen LogP contribution in [0.4, 0.5) is 0 Å². The van der Waals surface area contributed by atoms with Gasteiger partial charge in [-0.2, -0.15) is 0 Å². The molecule has 0 bridgehead atoms. The van der Waals surface area contributed by atoms with Gasteiger partial charge in [0.1, 0.15) is 0 Å². The van der Waals surface area contributed by atoms with Crippen molar-refractivity contribution >= 4 is 0 Å². The van der Waals surface area contributed by atoms with E-state index in [0.717, 1.165) is 57.0 Å². The SMILES string of the molecule is NCCCOC1CCN(Cc2ccc3c(c2)OCO3)CC1. The van der Waals surface area contributed by atoms with E-state index in [0.29, 0.717) is 19.4 Å². The monoisotopic (exact) mass is 292 g/mol. The molecular weight excluding hydrogens is 268 g/mol. The Morgan fingerprint density at radius 3 is 2.81 bits per heavy atom. The molecule has 2 heterocycles. The average molecular weight is 292 g/mol. The van der Waals surface area contributed by atoms with E-state index in [1.165, 1.54) is 5.56 Å². The Bertz CT molecular complexity index is 459. The highest BCUT2D eigenvalue weighted by Gasteiger charge is 2.20. The van der Waals surface area contributed by atoms with Crippen molar-refractivity contribution in [3.8, 4) is 11.5 Å².